The first-order valence-corrected chi connectivity index (χ1v) is 5.58. The lowest BCUT2D eigenvalue weighted by Crippen LogP contribution is -2.04. The molecule has 1 heterocycles. The zero-order valence-corrected chi connectivity index (χ0v) is 10.2. The summed E-state index contributed by atoms with van der Waals surface area (Å²) in [6.07, 6.45) is -2.47. The van der Waals surface area contributed by atoms with Gasteiger partial charge in [-0.05, 0) is 29.3 Å². The van der Waals surface area contributed by atoms with E-state index >= 15 is 0 Å². The van der Waals surface area contributed by atoms with Crippen LogP contribution in [0.4, 0.5) is 13.2 Å². The smallest absolute Gasteiger partial charge is 0.298 e. The number of alkyl halides is 3. The van der Waals surface area contributed by atoms with E-state index in [0.29, 0.717) is 17.4 Å². The van der Waals surface area contributed by atoms with Crippen LogP contribution in [-0.2, 0) is 6.18 Å². The van der Waals surface area contributed by atoms with Crippen LogP contribution in [0.2, 0.25) is 5.15 Å². The molecule has 6 heteroatoms. The third-order valence-electron chi connectivity index (χ3n) is 2.58. The number of carbonyl (C=O) groups excluding carboxylic acids is 1. The molecule has 0 unspecified atom stereocenters. The number of pyridine rings is 1. The first-order valence-electron chi connectivity index (χ1n) is 5.21. The Bertz CT molecular complexity index is 608. The van der Waals surface area contributed by atoms with Gasteiger partial charge in [-0.3, -0.25) is 4.79 Å². The Kier molecular flexibility index (Phi) is 3.57. The average molecular weight is 286 g/mol. The highest BCUT2D eigenvalue weighted by molar-refractivity contribution is 6.32. The molecule has 0 atom stereocenters. The molecule has 0 radical (unpaired) electrons. The first-order chi connectivity index (χ1) is 8.93. The van der Waals surface area contributed by atoms with Crippen molar-refractivity contribution in [1.29, 1.82) is 0 Å². The second-order valence-electron chi connectivity index (χ2n) is 3.76. The van der Waals surface area contributed by atoms with Crippen molar-refractivity contribution < 1.29 is 18.0 Å². The molecule has 0 aliphatic heterocycles. The molecular formula is C13H7ClF3NO. The molecule has 2 nitrogen and oxygen atoms in total. The summed E-state index contributed by atoms with van der Waals surface area (Å²) in [5.74, 6) is 0. The summed E-state index contributed by atoms with van der Waals surface area (Å²) in [7, 11) is 0. The van der Waals surface area contributed by atoms with Gasteiger partial charge in [0.05, 0.1) is 11.1 Å². The quantitative estimate of drug-likeness (QED) is 0.610. The molecule has 2 rings (SSSR count). The van der Waals surface area contributed by atoms with Gasteiger partial charge in [-0.15, -0.1) is 0 Å². The van der Waals surface area contributed by atoms with Crippen LogP contribution in [0.15, 0.2) is 36.5 Å². The number of hydrogen-bond donors (Lipinski definition) is 0. The van der Waals surface area contributed by atoms with Crippen LogP contribution >= 0.6 is 11.6 Å². The largest absolute Gasteiger partial charge is 0.416 e. The monoisotopic (exact) mass is 285 g/mol. The van der Waals surface area contributed by atoms with Gasteiger partial charge in [0.2, 0.25) is 0 Å². The van der Waals surface area contributed by atoms with Gasteiger partial charge < -0.3 is 0 Å². The Labute approximate surface area is 111 Å². The number of aldehydes is 1. The number of rotatable bonds is 2. The van der Waals surface area contributed by atoms with E-state index in [9.17, 15) is 18.0 Å². The third-order valence-corrected chi connectivity index (χ3v) is 2.88. The van der Waals surface area contributed by atoms with Crippen LogP contribution in [0.3, 0.4) is 0 Å². The summed E-state index contributed by atoms with van der Waals surface area (Å²) in [5.41, 5.74) is 0.330. The van der Waals surface area contributed by atoms with E-state index in [1.165, 1.54) is 24.4 Å². The lowest BCUT2D eigenvalue weighted by atomic mass is 10.0. The number of benzene rings is 1. The maximum Gasteiger partial charge on any atom is 0.416 e. The van der Waals surface area contributed by atoms with Gasteiger partial charge in [0, 0.05) is 6.20 Å². The van der Waals surface area contributed by atoms with Crippen molar-refractivity contribution in [1.82, 2.24) is 4.98 Å². The molecule has 0 saturated heterocycles. The second kappa shape index (κ2) is 5.01. The fourth-order valence-electron chi connectivity index (χ4n) is 1.65. The Morgan fingerprint density at radius 2 is 1.74 bits per heavy atom. The molecule has 0 spiro atoms. The van der Waals surface area contributed by atoms with E-state index in [1.54, 1.807) is 0 Å². The van der Waals surface area contributed by atoms with E-state index in [0.717, 1.165) is 12.1 Å². The Morgan fingerprint density at radius 1 is 1.11 bits per heavy atom. The van der Waals surface area contributed by atoms with Gasteiger partial charge in [0.1, 0.15) is 5.15 Å². The highest BCUT2D eigenvalue weighted by Crippen LogP contribution is 2.32. The highest BCUT2D eigenvalue weighted by Gasteiger charge is 2.30. The van der Waals surface area contributed by atoms with E-state index < -0.39 is 11.7 Å². The molecule has 98 valence electrons. The van der Waals surface area contributed by atoms with Gasteiger partial charge >= 0.3 is 6.18 Å². The van der Waals surface area contributed by atoms with Crippen molar-refractivity contribution in [3.8, 4) is 11.1 Å². The molecule has 0 bridgehead atoms. The lowest BCUT2D eigenvalue weighted by molar-refractivity contribution is -0.137. The summed E-state index contributed by atoms with van der Waals surface area (Å²) in [6, 6.07) is 6.03. The van der Waals surface area contributed by atoms with Crippen LogP contribution in [0.5, 0.6) is 0 Å². The zero-order chi connectivity index (χ0) is 14.0. The van der Waals surface area contributed by atoms with E-state index in [4.69, 9.17) is 11.6 Å². The van der Waals surface area contributed by atoms with Crippen molar-refractivity contribution >= 4 is 17.9 Å². The molecule has 1 aromatic heterocycles. The fraction of sp³-hybridized carbons (Fsp3) is 0.0769. The predicted molar refractivity (Wildman–Crippen MR) is 65.1 cm³/mol. The van der Waals surface area contributed by atoms with E-state index in [2.05, 4.69) is 4.98 Å². The topological polar surface area (TPSA) is 30.0 Å². The van der Waals surface area contributed by atoms with Gasteiger partial charge in [-0.2, -0.15) is 13.2 Å². The zero-order valence-electron chi connectivity index (χ0n) is 9.41. The van der Waals surface area contributed by atoms with Crippen LogP contribution in [0, 0.1) is 0 Å². The summed E-state index contributed by atoms with van der Waals surface area (Å²) in [5, 5.41) is 0.0207. The van der Waals surface area contributed by atoms with Crippen molar-refractivity contribution in [2.24, 2.45) is 0 Å². The average Bonchev–Trinajstić information content (AvgIpc) is 2.37. The van der Waals surface area contributed by atoms with Gasteiger partial charge in [-0.1, -0.05) is 23.7 Å². The summed E-state index contributed by atoms with van der Waals surface area (Å²) < 4.78 is 37.3. The molecule has 0 fully saturated rings. The van der Waals surface area contributed by atoms with E-state index in [-0.39, 0.29) is 10.7 Å². The van der Waals surface area contributed by atoms with Crippen molar-refractivity contribution in [2.75, 3.05) is 0 Å². The standard InChI is InChI=1S/C13H7ClF3NO/c14-12-11(7-19)10(5-6-18-12)8-1-3-9(4-2-8)13(15,16)17/h1-7H. The van der Waals surface area contributed by atoms with E-state index in [1.807, 2.05) is 0 Å². The Morgan fingerprint density at radius 3 is 2.26 bits per heavy atom. The maximum atomic E-state index is 12.4. The summed E-state index contributed by atoms with van der Waals surface area (Å²) in [6.45, 7) is 0. The summed E-state index contributed by atoms with van der Waals surface area (Å²) in [4.78, 5) is 14.7. The number of carbonyl (C=O) groups is 1. The van der Waals surface area contributed by atoms with Crippen molar-refractivity contribution in [3.05, 3.63) is 52.8 Å². The molecule has 0 saturated carbocycles. The molecule has 0 N–H and O–H groups in total. The van der Waals surface area contributed by atoms with Crippen LogP contribution < -0.4 is 0 Å². The molecular weight excluding hydrogens is 279 g/mol. The Hall–Kier alpha value is -1.88. The number of hydrogen-bond acceptors (Lipinski definition) is 2. The van der Waals surface area contributed by atoms with Gasteiger partial charge in [0.15, 0.2) is 6.29 Å². The normalized spacial score (nSPS) is 11.4. The molecule has 0 aliphatic carbocycles. The van der Waals surface area contributed by atoms with Crippen LogP contribution in [0.25, 0.3) is 11.1 Å². The SMILES string of the molecule is O=Cc1c(-c2ccc(C(F)(F)F)cc2)ccnc1Cl. The molecule has 0 aliphatic rings. The van der Waals surface area contributed by atoms with Gasteiger partial charge in [0.25, 0.3) is 0 Å². The molecule has 0 amide bonds. The van der Waals surface area contributed by atoms with Crippen molar-refractivity contribution in [2.45, 2.75) is 6.18 Å². The number of halogens is 4. The number of aromatic nitrogens is 1. The number of nitrogens with zero attached hydrogens (tertiary/aromatic N) is 1. The highest BCUT2D eigenvalue weighted by atomic mass is 35.5. The molecule has 2 aromatic rings. The third kappa shape index (κ3) is 2.76. The van der Waals surface area contributed by atoms with Crippen LogP contribution in [-0.4, -0.2) is 11.3 Å². The predicted octanol–water partition coefficient (Wildman–Crippen LogP) is 4.23. The first kappa shape index (κ1) is 13.5. The van der Waals surface area contributed by atoms with Crippen LogP contribution in [0.1, 0.15) is 15.9 Å². The Balaban J connectivity index is 2.49. The minimum Gasteiger partial charge on any atom is -0.298 e. The minimum atomic E-state index is -4.39. The lowest BCUT2D eigenvalue weighted by Gasteiger charge is -2.09. The minimum absolute atomic E-state index is 0.0207. The summed E-state index contributed by atoms with van der Waals surface area (Å²) >= 11 is 5.76. The maximum absolute atomic E-state index is 12.4. The fourth-order valence-corrected chi connectivity index (χ4v) is 1.85. The van der Waals surface area contributed by atoms with Gasteiger partial charge in [-0.25, -0.2) is 4.98 Å². The second-order valence-corrected chi connectivity index (χ2v) is 4.11. The molecule has 19 heavy (non-hydrogen) atoms. The molecule has 1 aromatic carbocycles. The van der Waals surface area contributed by atoms with Crippen molar-refractivity contribution in [3.63, 3.8) is 0 Å².